The highest BCUT2D eigenvalue weighted by molar-refractivity contribution is 5.86. The number of ether oxygens (including phenoxy) is 1. The van der Waals surface area contributed by atoms with Crippen LogP contribution in [0.4, 0.5) is 13.2 Å². The summed E-state index contributed by atoms with van der Waals surface area (Å²) in [5.74, 6) is -0.119. The number of alkyl halides is 3. The van der Waals surface area contributed by atoms with Gasteiger partial charge in [0.2, 0.25) is 0 Å². The van der Waals surface area contributed by atoms with Crippen molar-refractivity contribution in [2.75, 3.05) is 0 Å². The fourth-order valence-electron chi connectivity index (χ4n) is 4.70. The lowest BCUT2D eigenvalue weighted by atomic mass is 9.92. The molecule has 0 aliphatic rings. The number of hydrogen-bond acceptors (Lipinski definition) is 2. The first-order valence-corrected chi connectivity index (χ1v) is 11.6. The standard InChI is InChI=1S/C30H24F3NO2/c1-20-25(22-10-6-3-7-11-22)13-15-29(36-30(31,32)33)26(20)16-23-19-34(18-21-8-4-2-5-9-21)28-14-12-24(35)17-27(23)28/h2-15,17,19,35H,16,18H2,1H3. The molecular weight excluding hydrogens is 463 g/mol. The second kappa shape index (κ2) is 9.46. The number of rotatable bonds is 6. The Kier molecular flexibility index (Phi) is 6.18. The molecule has 0 aliphatic carbocycles. The molecular formula is C30H24F3NO2. The maximum Gasteiger partial charge on any atom is 0.573 e. The van der Waals surface area contributed by atoms with Crippen LogP contribution in [0.2, 0.25) is 0 Å². The van der Waals surface area contributed by atoms with Gasteiger partial charge in [-0.15, -0.1) is 13.2 Å². The van der Waals surface area contributed by atoms with Crippen molar-refractivity contribution in [3.63, 3.8) is 0 Å². The van der Waals surface area contributed by atoms with Crippen LogP contribution in [-0.2, 0) is 13.0 Å². The number of hydrogen-bond donors (Lipinski definition) is 1. The molecule has 0 amide bonds. The van der Waals surface area contributed by atoms with Gasteiger partial charge in [0.1, 0.15) is 11.5 Å². The first kappa shape index (κ1) is 23.5. The average molecular weight is 488 g/mol. The molecule has 0 unspecified atom stereocenters. The summed E-state index contributed by atoms with van der Waals surface area (Å²) in [5.41, 5.74) is 5.72. The zero-order valence-corrected chi connectivity index (χ0v) is 19.6. The summed E-state index contributed by atoms with van der Waals surface area (Å²) >= 11 is 0. The minimum atomic E-state index is -4.81. The van der Waals surface area contributed by atoms with E-state index in [1.807, 2.05) is 79.9 Å². The SMILES string of the molecule is Cc1c(-c2ccccc2)ccc(OC(F)(F)F)c1Cc1cn(Cc2ccccc2)c2ccc(O)cc12. The molecule has 0 aliphatic heterocycles. The van der Waals surface area contributed by atoms with Gasteiger partial charge in [-0.3, -0.25) is 0 Å². The largest absolute Gasteiger partial charge is 0.573 e. The van der Waals surface area contributed by atoms with Gasteiger partial charge in [-0.25, -0.2) is 0 Å². The minimum Gasteiger partial charge on any atom is -0.508 e. The fraction of sp³-hybridized carbons (Fsp3) is 0.133. The third kappa shape index (κ3) is 4.93. The highest BCUT2D eigenvalue weighted by Crippen LogP contribution is 2.37. The van der Waals surface area contributed by atoms with Gasteiger partial charge in [-0.05, 0) is 59.0 Å². The van der Waals surface area contributed by atoms with E-state index in [1.54, 1.807) is 18.2 Å². The molecule has 0 saturated heterocycles. The summed E-state index contributed by atoms with van der Waals surface area (Å²) in [4.78, 5) is 0. The van der Waals surface area contributed by atoms with Gasteiger partial charge in [0.05, 0.1) is 0 Å². The Balaban J connectivity index is 1.64. The molecule has 3 nitrogen and oxygen atoms in total. The highest BCUT2D eigenvalue weighted by atomic mass is 19.4. The predicted molar refractivity (Wildman–Crippen MR) is 135 cm³/mol. The van der Waals surface area contributed by atoms with Crippen LogP contribution in [0.25, 0.3) is 22.0 Å². The lowest BCUT2D eigenvalue weighted by Gasteiger charge is -2.18. The maximum atomic E-state index is 13.3. The molecule has 0 atom stereocenters. The van der Waals surface area contributed by atoms with E-state index in [1.165, 1.54) is 6.07 Å². The molecule has 0 spiro atoms. The molecule has 6 heteroatoms. The third-order valence-corrected chi connectivity index (χ3v) is 6.38. The summed E-state index contributed by atoms with van der Waals surface area (Å²) in [6, 6.07) is 27.6. The number of aromatic nitrogens is 1. The van der Waals surface area contributed by atoms with Crippen LogP contribution in [0.3, 0.4) is 0 Å². The summed E-state index contributed by atoms with van der Waals surface area (Å²) in [6.45, 7) is 2.42. The molecule has 36 heavy (non-hydrogen) atoms. The van der Waals surface area contributed by atoms with Gasteiger partial charge >= 0.3 is 6.36 Å². The van der Waals surface area contributed by atoms with E-state index in [-0.39, 0.29) is 17.9 Å². The number of aromatic hydroxyl groups is 1. The molecule has 5 rings (SSSR count). The number of benzene rings is 4. The molecule has 1 heterocycles. The van der Waals surface area contributed by atoms with Crippen LogP contribution in [0.5, 0.6) is 11.5 Å². The van der Waals surface area contributed by atoms with Gasteiger partial charge in [0.15, 0.2) is 0 Å². The Labute approximate surface area is 207 Å². The average Bonchev–Trinajstić information content (AvgIpc) is 3.17. The van der Waals surface area contributed by atoms with E-state index < -0.39 is 6.36 Å². The Bertz CT molecular complexity index is 1510. The van der Waals surface area contributed by atoms with E-state index in [4.69, 9.17) is 0 Å². The van der Waals surface area contributed by atoms with E-state index in [2.05, 4.69) is 9.30 Å². The number of halogens is 3. The lowest BCUT2D eigenvalue weighted by molar-refractivity contribution is -0.274. The molecule has 0 bridgehead atoms. The van der Waals surface area contributed by atoms with Crippen molar-refractivity contribution < 1.29 is 23.0 Å². The molecule has 5 aromatic rings. The first-order chi connectivity index (χ1) is 17.3. The monoisotopic (exact) mass is 487 g/mol. The molecule has 0 saturated carbocycles. The van der Waals surface area contributed by atoms with Gasteiger partial charge in [0, 0.05) is 35.6 Å². The van der Waals surface area contributed by atoms with E-state index in [0.29, 0.717) is 17.7 Å². The van der Waals surface area contributed by atoms with Crippen molar-refractivity contribution in [1.29, 1.82) is 0 Å². The number of nitrogens with zero attached hydrogens (tertiary/aromatic N) is 1. The third-order valence-electron chi connectivity index (χ3n) is 6.38. The second-order valence-corrected chi connectivity index (χ2v) is 8.77. The molecule has 0 fully saturated rings. The maximum absolute atomic E-state index is 13.3. The van der Waals surface area contributed by atoms with E-state index in [0.717, 1.165) is 33.2 Å². The summed E-state index contributed by atoms with van der Waals surface area (Å²) < 4.78 is 46.4. The van der Waals surface area contributed by atoms with Crippen molar-refractivity contribution in [2.45, 2.75) is 26.3 Å². The first-order valence-electron chi connectivity index (χ1n) is 11.6. The fourth-order valence-corrected chi connectivity index (χ4v) is 4.70. The van der Waals surface area contributed by atoms with Gasteiger partial charge in [0.25, 0.3) is 0 Å². The van der Waals surface area contributed by atoms with E-state index >= 15 is 0 Å². The molecule has 4 aromatic carbocycles. The second-order valence-electron chi connectivity index (χ2n) is 8.77. The van der Waals surface area contributed by atoms with Crippen LogP contribution in [0, 0.1) is 6.92 Å². The van der Waals surface area contributed by atoms with Crippen LogP contribution in [-0.4, -0.2) is 16.0 Å². The lowest BCUT2D eigenvalue weighted by Crippen LogP contribution is -2.18. The van der Waals surface area contributed by atoms with Crippen molar-refractivity contribution in [1.82, 2.24) is 4.57 Å². The molecule has 0 radical (unpaired) electrons. The number of phenolic OH excluding ortho intramolecular Hbond substituents is 1. The zero-order valence-electron chi connectivity index (χ0n) is 19.6. The normalized spacial score (nSPS) is 11.7. The molecule has 1 aromatic heterocycles. The van der Waals surface area contributed by atoms with E-state index in [9.17, 15) is 18.3 Å². The van der Waals surface area contributed by atoms with Crippen molar-refractivity contribution >= 4 is 10.9 Å². The van der Waals surface area contributed by atoms with Gasteiger partial charge in [-0.2, -0.15) is 0 Å². The summed E-state index contributed by atoms with van der Waals surface area (Å²) in [7, 11) is 0. The van der Waals surface area contributed by atoms with Crippen LogP contribution in [0.1, 0.15) is 22.3 Å². The topological polar surface area (TPSA) is 34.4 Å². The quantitative estimate of drug-likeness (QED) is 0.265. The summed E-state index contributed by atoms with van der Waals surface area (Å²) in [6.07, 6.45) is -2.65. The zero-order chi connectivity index (χ0) is 25.3. The van der Waals surface area contributed by atoms with Gasteiger partial charge in [-0.1, -0.05) is 66.7 Å². The van der Waals surface area contributed by atoms with Gasteiger partial charge < -0.3 is 14.4 Å². The molecule has 1 N–H and O–H groups in total. The van der Waals surface area contributed by atoms with Crippen molar-refractivity contribution in [2.24, 2.45) is 0 Å². The van der Waals surface area contributed by atoms with Crippen LogP contribution < -0.4 is 4.74 Å². The Morgan fingerprint density at radius 1 is 0.861 bits per heavy atom. The Hall–Kier alpha value is -4.19. The van der Waals surface area contributed by atoms with Crippen LogP contribution >= 0.6 is 0 Å². The predicted octanol–water partition coefficient (Wildman–Crippen LogP) is 7.86. The number of phenols is 1. The van der Waals surface area contributed by atoms with Crippen LogP contribution in [0.15, 0.2) is 97.2 Å². The minimum absolute atomic E-state index is 0.0998. The molecule has 182 valence electrons. The smallest absolute Gasteiger partial charge is 0.508 e. The highest BCUT2D eigenvalue weighted by Gasteiger charge is 2.33. The Morgan fingerprint density at radius 3 is 2.25 bits per heavy atom. The van der Waals surface area contributed by atoms with Crippen molar-refractivity contribution in [3.05, 3.63) is 119 Å². The number of fused-ring (bicyclic) bond motifs is 1. The summed E-state index contributed by atoms with van der Waals surface area (Å²) in [5, 5.41) is 11.0. The Morgan fingerprint density at radius 2 is 1.56 bits per heavy atom. The van der Waals surface area contributed by atoms with Crippen molar-refractivity contribution in [3.8, 4) is 22.6 Å².